The molecule has 0 heterocycles. The highest BCUT2D eigenvalue weighted by Crippen LogP contribution is 2.29. The van der Waals surface area contributed by atoms with Crippen LogP contribution in [0.5, 0.6) is 0 Å². The SMILES string of the molecule is CCCCC1CCCC1NC(=O)CCCN. The Bertz CT molecular complexity index is 206. The summed E-state index contributed by atoms with van der Waals surface area (Å²) in [6, 6.07) is 0.442. The van der Waals surface area contributed by atoms with Gasteiger partial charge in [-0.15, -0.1) is 0 Å². The fourth-order valence-corrected chi connectivity index (χ4v) is 2.58. The zero-order valence-corrected chi connectivity index (χ0v) is 10.5. The number of hydrogen-bond donors (Lipinski definition) is 2. The maximum atomic E-state index is 11.6. The maximum Gasteiger partial charge on any atom is 0.220 e. The third-order valence-corrected chi connectivity index (χ3v) is 3.54. The second-order valence-electron chi connectivity index (χ2n) is 4.90. The van der Waals surface area contributed by atoms with Crippen molar-refractivity contribution in [2.45, 2.75) is 64.3 Å². The van der Waals surface area contributed by atoms with E-state index in [1.807, 2.05) is 0 Å². The molecule has 1 rings (SSSR count). The van der Waals surface area contributed by atoms with Gasteiger partial charge in [-0.25, -0.2) is 0 Å². The zero-order valence-electron chi connectivity index (χ0n) is 10.5. The molecule has 2 unspecified atom stereocenters. The Morgan fingerprint density at radius 2 is 2.19 bits per heavy atom. The topological polar surface area (TPSA) is 55.1 Å². The molecule has 94 valence electrons. The van der Waals surface area contributed by atoms with Crippen molar-refractivity contribution in [2.75, 3.05) is 6.54 Å². The van der Waals surface area contributed by atoms with Crippen molar-refractivity contribution in [3.05, 3.63) is 0 Å². The monoisotopic (exact) mass is 226 g/mol. The molecule has 1 fully saturated rings. The summed E-state index contributed by atoms with van der Waals surface area (Å²) in [6.07, 6.45) is 8.95. The lowest BCUT2D eigenvalue weighted by Crippen LogP contribution is -2.37. The van der Waals surface area contributed by atoms with Crippen LogP contribution in [0.1, 0.15) is 58.3 Å². The van der Waals surface area contributed by atoms with Gasteiger partial charge in [-0.3, -0.25) is 4.79 Å². The van der Waals surface area contributed by atoms with Crippen LogP contribution in [0.3, 0.4) is 0 Å². The molecular formula is C13H26N2O. The third kappa shape index (κ3) is 4.52. The molecule has 1 aliphatic rings. The van der Waals surface area contributed by atoms with E-state index in [4.69, 9.17) is 5.73 Å². The zero-order chi connectivity index (χ0) is 11.8. The van der Waals surface area contributed by atoms with Crippen LogP contribution in [-0.4, -0.2) is 18.5 Å². The number of hydrogen-bond acceptors (Lipinski definition) is 2. The molecule has 1 amide bonds. The molecule has 0 aromatic rings. The van der Waals surface area contributed by atoms with Crippen LogP contribution in [0, 0.1) is 5.92 Å². The van der Waals surface area contributed by atoms with Crippen LogP contribution < -0.4 is 11.1 Å². The fraction of sp³-hybridized carbons (Fsp3) is 0.923. The molecule has 0 aliphatic heterocycles. The van der Waals surface area contributed by atoms with Crippen molar-refractivity contribution >= 4 is 5.91 Å². The van der Waals surface area contributed by atoms with Gasteiger partial charge in [0, 0.05) is 12.5 Å². The Morgan fingerprint density at radius 1 is 1.38 bits per heavy atom. The molecule has 16 heavy (non-hydrogen) atoms. The second kappa shape index (κ2) is 7.66. The van der Waals surface area contributed by atoms with Gasteiger partial charge in [0.1, 0.15) is 0 Å². The van der Waals surface area contributed by atoms with E-state index in [2.05, 4.69) is 12.2 Å². The predicted molar refractivity (Wildman–Crippen MR) is 67.1 cm³/mol. The number of carbonyl (C=O) groups is 1. The third-order valence-electron chi connectivity index (χ3n) is 3.54. The first-order chi connectivity index (χ1) is 7.77. The van der Waals surface area contributed by atoms with E-state index in [0.717, 1.165) is 12.3 Å². The molecule has 0 aromatic carbocycles. The summed E-state index contributed by atoms with van der Waals surface area (Å²) < 4.78 is 0. The van der Waals surface area contributed by atoms with Crippen molar-refractivity contribution < 1.29 is 4.79 Å². The van der Waals surface area contributed by atoms with Gasteiger partial charge in [0.15, 0.2) is 0 Å². The van der Waals surface area contributed by atoms with Gasteiger partial charge < -0.3 is 11.1 Å². The summed E-state index contributed by atoms with van der Waals surface area (Å²) >= 11 is 0. The second-order valence-corrected chi connectivity index (χ2v) is 4.90. The quantitative estimate of drug-likeness (QED) is 0.699. The summed E-state index contributed by atoms with van der Waals surface area (Å²) in [5.41, 5.74) is 5.40. The molecule has 3 nitrogen and oxygen atoms in total. The summed E-state index contributed by atoms with van der Waals surface area (Å²) in [5.74, 6) is 0.917. The standard InChI is InChI=1S/C13H26N2O/c1-2-3-6-11-7-4-8-12(11)15-13(16)9-5-10-14/h11-12H,2-10,14H2,1H3,(H,15,16). The minimum atomic E-state index is 0.193. The Kier molecular flexibility index (Phi) is 6.46. The summed E-state index contributed by atoms with van der Waals surface area (Å²) in [5, 5.41) is 3.18. The molecule has 0 bridgehead atoms. The first kappa shape index (κ1) is 13.5. The van der Waals surface area contributed by atoms with Crippen molar-refractivity contribution in [3.8, 4) is 0 Å². The van der Waals surface area contributed by atoms with E-state index in [0.29, 0.717) is 19.0 Å². The van der Waals surface area contributed by atoms with Crippen molar-refractivity contribution in [3.63, 3.8) is 0 Å². The summed E-state index contributed by atoms with van der Waals surface area (Å²) in [4.78, 5) is 11.6. The first-order valence-corrected chi connectivity index (χ1v) is 6.77. The Labute approximate surface area is 99.2 Å². The molecule has 0 radical (unpaired) electrons. The van der Waals surface area contributed by atoms with Crippen molar-refractivity contribution in [1.82, 2.24) is 5.32 Å². The highest BCUT2D eigenvalue weighted by molar-refractivity contribution is 5.76. The predicted octanol–water partition coefficient (Wildman–Crippen LogP) is 2.20. The number of unbranched alkanes of at least 4 members (excludes halogenated alkanes) is 1. The smallest absolute Gasteiger partial charge is 0.220 e. The van der Waals surface area contributed by atoms with E-state index in [9.17, 15) is 4.79 Å². The number of nitrogens with two attached hydrogens (primary N) is 1. The molecule has 0 spiro atoms. The molecule has 1 aliphatic carbocycles. The minimum Gasteiger partial charge on any atom is -0.353 e. The average molecular weight is 226 g/mol. The lowest BCUT2D eigenvalue weighted by molar-refractivity contribution is -0.122. The minimum absolute atomic E-state index is 0.193. The van der Waals surface area contributed by atoms with Gasteiger partial charge in [-0.05, 0) is 38.1 Å². The van der Waals surface area contributed by atoms with Gasteiger partial charge >= 0.3 is 0 Å². The van der Waals surface area contributed by atoms with E-state index in [1.165, 1.54) is 38.5 Å². The average Bonchev–Trinajstić information content (AvgIpc) is 2.71. The molecule has 2 atom stereocenters. The Balaban J connectivity index is 2.25. The highest BCUT2D eigenvalue weighted by atomic mass is 16.1. The van der Waals surface area contributed by atoms with Gasteiger partial charge in [0.2, 0.25) is 5.91 Å². The lowest BCUT2D eigenvalue weighted by Gasteiger charge is -2.20. The van der Waals surface area contributed by atoms with Gasteiger partial charge in [0.25, 0.3) is 0 Å². The van der Waals surface area contributed by atoms with Crippen LogP contribution in [0.4, 0.5) is 0 Å². The van der Waals surface area contributed by atoms with Crippen molar-refractivity contribution in [2.24, 2.45) is 11.7 Å². The molecular weight excluding hydrogens is 200 g/mol. The van der Waals surface area contributed by atoms with E-state index < -0.39 is 0 Å². The van der Waals surface area contributed by atoms with Crippen LogP contribution in [0.15, 0.2) is 0 Å². The Morgan fingerprint density at radius 3 is 2.88 bits per heavy atom. The fourth-order valence-electron chi connectivity index (χ4n) is 2.58. The van der Waals surface area contributed by atoms with E-state index in [1.54, 1.807) is 0 Å². The number of rotatable bonds is 7. The molecule has 3 heteroatoms. The first-order valence-electron chi connectivity index (χ1n) is 6.77. The van der Waals surface area contributed by atoms with E-state index in [-0.39, 0.29) is 5.91 Å². The van der Waals surface area contributed by atoms with Crippen LogP contribution in [0.25, 0.3) is 0 Å². The summed E-state index contributed by atoms with van der Waals surface area (Å²) in [7, 11) is 0. The van der Waals surface area contributed by atoms with Gasteiger partial charge in [0.05, 0.1) is 0 Å². The lowest BCUT2D eigenvalue weighted by atomic mass is 9.96. The molecule has 3 N–H and O–H groups in total. The number of nitrogens with one attached hydrogen (secondary N) is 1. The highest BCUT2D eigenvalue weighted by Gasteiger charge is 2.27. The normalized spacial score (nSPS) is 24.6. The van der Waals surface area contributed by atoms with Gasteiger partial charge in [-0.2, -0.15) is 0 Å². The van der Waals surface area contributed by atoms with Crippen molar-refractivity contribution in [1.29, 1.82) is 0 Å². The molecule has 1 saturated carbocycles. The van der Waals surface area contributed by atoms with Crippen LogP contribution >= 0.6 is 0 Å². The number of carbonyl (C=O) groups excluding carboxylic acids is 1. The molecule has 0 saturated heterocycles. The maximum absolute atomic E-state index is 11.6. The number of amides is 1. The Hall–Kier alpha value is -0.570. The van der Waals surface area contributed by atoms with Crippen LogP contribution in [0.2, 0.25) is 0 Å². The largest absolute Gasteiger partial charge is 0.353 e. The molecule has 0 aromatic heterocycles. The summed E-state index contributed by atoms with van der Waals surface area (Å²) in [6.45, 7) is 2.83. The van der Waals surface area contributed by atoms with Gasteiger partial charge in [-0.1, -0.05) is 26.2 Å². The van der Waals surface area contributed by atoms with Crippen LogP contribution in [-0.2, 0) is 4.79 Å². The van der Waals surface area contributed by atoms with E-state index >= 15 is 0 Å².